The minimum Gasteiger partial charge on any atom is -0.503 e. The maximum atomic E-state index is 11.8. The number of anilines is 1. The average Bonchev–Trinajstić information content (AvgIpc) is 2.81. The molecule has 21 heteroatoms. The topological polar surface area (TPSA) is 291 Å². The number of rotatable bonds is 8. The molecule has 1 aromatic heterocycles. The van der Waals surface area contributed by atoms with E-state index in [1.165, 1.54) is 0 Å². The summed E-state index contributed by atoms with van der Waals surface area (Å²) >= 11 is 0. The van der Waals surface area contributed by atoms with Gasteiger partial charge in [-0.05, 0) is 0 Å². The van der Waals surface area contributed by atoms with Crippen LogP contribution >= 0.6 is 23.5 Å². The number of phosphoric acid groups is 3. The van der Waals surface area contributed by atoms with Crippen molar-refractivity contribution in [3.63, 3.8) is 0 Å². The van der Waals surface area contributed by atoms with Gasteiger partial charge < -0.3 is 45.4 Å². The van der Waals surface area contributed by atoms with Crippen LogP contribution in [0.5, 0.6) is 5.75 Å². The number of hydrogen-bond acceptors (Lipinski definition) is 13. The Kier molecular flexibility index (Phi) is 7.28. The summed E-state index contributed by atoms with van der Waals surface area (Å²) in [5.74, 6) is -1.18. The molecule has 1 fully saturated rings. The first-order valence-electron chi connectivity index (χ1n) is 7.39. The molecule has 1 aliphatic rings. The van der Waals surface area contributed by atoms with E-state index >= 15 is 0 Å². The van der Waals surface area contributed by atoms with Gasteiger partial charge in [0.15, 0.2) is 17.8 Å². The molecule has 2 rings (SSSR count). The lowest BCUT2D eigenvalue weighted by Gasteiger charge is -2.19. The van der Waals surface area contributed by atoms with E-state index in [1.54, 1.807) is 0 Å². The summed E-state index contributed by atoms with van der Waals surface area (Å²) in [6.45, 7) is -1.08. The molecule has 6 atom stereocenters. The highest BCUT2D eigenvalue weighted by molar-refractivity contribution is 7.66. The SMILES string of the molecule is Nc1nc(=O)n([C@@H]2O[C@H](COP(=O)(O)OP(=O)(O)OP(=O)(O)O)[C@@H](O)[C@H]2O)cc1O. The van der Waals surface area contributed by atoms with Crippen molar-refractivity contribution in [3.8, 4) is 5.75 Å². The van der Waals surface area contributed by atoms with Crippen LogP contribution < -0.4 is 11.4 Å². The molecule has 30 heavy (non-hydrogen) atoms. The first kappa shape index (κ1) is 25.0. The number of nitrogens with zero attached hydrogens (tertiary/aromatic N) is 2. The molecule has 0 aliphatic carbocycles. The van der Waals surface area contributed by atoms with E-state index < -0.39 is 71.9 Å². The van der Waals surface area contributed by atoms with Gasteiger partial charge in [0.05, 0.1) is 12.8 Å². The van der Waals surface area contributed by atoms with Crippen molar-refractivity contribution in [1.29, 1.82) is 0 Å². The fourth-order valence-corrected chi connectivity index (χ4v) is 5.25. The van der Waals surface area contributed by atoms with Crippen LogP contribution in [0.25, 0.3) is 0 Å². The Hall–Kier alpha value is -1.23. The highest BCUT2D eigenvalue weighted by Crippen LogP contribution is 2.66. The van der Waals surface area contributed by atoms with Gasteiger partial charge in [0.25, 0.3) is 0 Å². The van der Waals surface area contributed by atoms with Gasteiger partial charge in [0.2, 0.25) is 0 Å². The van der Waals surface area contributed by atoms with E-state index in [4.69, 9.17) is 25.2 Å². The van der Waals surface area contributed by atoms with Gasteiger partial charge in [-0.1, -0.05) is 0 Å². The van der Waals surface area contributed by atoms with E-state index in [0.717, 1.165) is 6.20 Å². The third-order valence-electron chi connectivity index (χ3n) is 3.39. The molecular weight excluding hydrogens is 483 g/mol. The molecule has 0 amide bonds. The number of ether oxygens (including phenoxy) is 1. The fourth-order valence-electron chi connectivity index (χ4n) is 2.22. The third kappa shape index (κ3) is 6.38. The first-order valence-corrected chi connectivity index (χ1v) is 11.9. The molecule has 0 radical (unpaired) electrons. The first-order chi connectivity index (χ1) is 13.5. The Labute approximate surface area is 165 Å². The lowest BCUT2D eigenvalue weighted by molar-refractivity contribution is -0.0543. The fraction of sp³-hybridized carbons (Fsp3) is 0.556. The van der Waals surface area contributed by atoms with Crippen molar-refractivity contribution in [2.45, 2.75) is 24.5 Å². The third-order valence-corrected chi connectivity index (χ3v) is 7.19. The van der Waals surface area contributed by atoms with E-state index in [1.807, 2.05) is 0 Å². The monoisotopic (exact) mass is 499 g/mol. The molecule has 18 nitrogen and oxygen atoms in total. The zero-order chi connectivity index (χ0) is 23.1. The van der Waals surface area contributed by atoms with Crippen LogP contribution in [0.3, 0.4) is 0 Å². The number of aromatic nitrogens is 2. The number of aromatic hydroxyl groups is 1. The normalized spacial score (nSPS) is 28.7. The molecule has 0 saturated carbocycles. The van der Waals surface area contributed by atoms with Gasteiger partial charge in [0, 0.05) is 0 Å². The number of nitrogen functional groups attached to an aromatic ring is 1. The zero-order valence-electron chi connectivity index (χ0n) is 14.3. The molecule has 2 unspecified atom stereocenters. The quantitative estimate of drug-likeness (QED) is 0.171. The zero-order valence-corrected chi connectivity index (χ0v) is 17.0. The standard InChI is InChI=1S/C9H16N3O15P3/c10-7-3(13)1-12(9(16)11-7)8-6(15)5(14)4(25-8)2-24-29(20,21)27-30(22,23)26-28(17,18)19/h1,4-6,8,13-15H,2H2,(H,20,21)(H,22,23)(H2,10,11,16)(H2,17,18,19)/t4-,5-,6-,8-/m1/s1. The molecule has 0 aromatic carbocycles. The van der Waals surface area contributed by atoms with Gasteiger partial charge in [-0.25, -0.2) is 18.5 Å². The van der Waals surface area contributed by atoms with Gasteiger partial charge in [-0.3, -0.25) is 9.09 Å². The molecular formula is C9H16N3O15P3. The predicted octanol–water partition coefficient (Wildman–Crippen LogP) is -2.51. The molecule has 1 saturated heterocycles. The number of hydrogen-bond donors (Lipinski definition) is 8. The van der Waals surface area contributed by atoms with Gasteiger partial charge >= 0.3 is 29.2 Å². The van der Waals surface area contributed by atoms with E-state index in [-0.39, 0.29) is 0 Å². The van der Waals surface area contributed by atoms with E-state index in [0.29, 0.717) is 4.57 Å². The Morgan fingerprint density at radius 2 is 1.70 bits per heavy atom. The molecule has 1 aliphatic heterocycles. The molecule has 0 spiro atoms. The van der Waals surface area contributed by atoms with Crippen LogP contribution in [0, 0.1) is 0 Å². The Balaban J connectivity index is 2.09. The molecule has 2 heterocycles. The van der Waals surface area contributed by atoms with Crippen molar-refractivity contribution >= 4 is 29.3 Å². The van der Waals surface area contributed by atoms with Crippen LogP contribution in [-0.2, 0) is 31.6 Å². The van der Waals surface area contributed by atoms with Crippen LogP contribution in [0.1, 0.15) is 6.23 Å². The summed E-state index contributed by atoms with van der Waals surface area (Å²) in [4.78, 5) is 50.4. The summed E-state index contributed by atoms with van der Waals surface area (Å²) < 4.78 is 50.5. The van der Waals surface area contributed by atoms with Crippen molar-refractivity contribution in [1.82, 2.24) is 9.55 Å². The predicted molar refractivity (Wildman–Crippen MR) is 90.3 cm³/mol. The van der Waals surface area contributed by atoms with Crippen LogP contribution in [-0.4, -0.2) is 69.4 Å². The lowest BCUT2D eigenvalue weighted by Crippen LogP contribution is -2.36. The second kappa shape index (κ2) is 8.72. The summed E-state index contributed by atoms with van der Waals surface area (Å²) in [5.41, 5.74) is 4.15. The highest BCUT2D eigenvalue weighted by Gasteiger charge is 2.46. The van der Waals surface area contributed by atoms with Crippen molar-refractivity contribution in [2.75, 3.05) is 12.3 Å². The van der Waals surface area contributed by atoms with E-state index in [2.05, 4.69) is 18.1 Å². The minimum absolute atomic E-state index is 0.520. The molecule has 172 valence electrons. The summed E-state index contributed by atoms with van der Waals surface area (Å²) in [7, 11) is -16.8. The Morgan fingerprint density at radius 3 is 2.27 bits per heavy atom. The lowest BCUT2D eigenvalue weighted by atomic mass is 10.1. The molecule has 1 aromatic rings. The maximum absolute atomic E-state index is 11.8. The summed E-state index contributed by atoms with van der Waals surface area (Å²) in [6.07, 6.45) is -6.20. The van der Waals surface area contributed by atoms with Crippen molar-refractivity contribution in [3.05, 3.63) is 16.7 Å². The summed E-state index contributed by atoms with van der Waals surface area (Å²) in [6, 6.07) is 0. The Morgan fingerprint density at radius 1 is 1.10 bits per heavy atom. The Bertz CT molecular complexity index is 991. The van der Waals surface area contributed by atoms with Gasteiger partial charge in [-0.15, -0.1) is 0 Å². The number of aliphatic hydroxyl groups excluding tert-OH is 2. The summed E-state index contributed by atoms with van der Waals surface area (Å²) in [5, 5.41) is 29.5. The second-order valence-corrected chi connectivity index (χ2v) is 10.1. The second-order valence-electron chi connectivity index (χ2n) is 5.63. The van der Waals surface area contributed by atoms with Crippen LogP contribution in [0.15, 0.2) is 11.0 Å². The minimum atomic E-state index is -5.75. The largest absolute Gasteiger partial charge is 0.503 e. The maximum Gasteiger partial charge on any atom is 0.490 e. The van der Waals surface area contributed by atoms with E-state index in [9.17, 15) is 38.7 Å². The average molecular weight is 499 g/mol. The van der Waals surface area contributed by atoms with Crippen molar-refractivity contribution in [2.24, 2.45) is 0 Å². The number of aliphatic hydroxyl groups is 2. The molecule has 0 bridgehead atoms. The van der Waals surface area contributed by atoms with Crippen molar-refractivity contribution < 1.29 is 66.5 Å². The highest BCUT2D eigenvalue weighted by atomic mass is 31.3. The number of phosphoric ester groups is 1. The van der Waals surface area contributed by atoms with Crippen LogP contribution in [0.2, 0.25) is 0 Å². The van der Waals surface area contributed by atoms with Gasteiger partial charge in [0.1, 0.15) is 18.3 Å². The molecule has 9 N–H and O–H groups in total. The number of nitrogens with two attached hydrogens (primary N) is 1. The smallest absolute Gasteiger partial charge is 0.490 e. The van der Waals surface area contributed by atoms with Gasteiger partial charge in [-0.2, -0.15) is 13.6 Å². The van der Waals surface area contributed by atoms with Crippen LogP contribution in [0.4, 0.5) is 5.82 Å².